The zero-order chi connectivity index (χ0) is 17.2. The quantitative estimate of drug-likeness (QED) is 0.708. The van der Waals surface area contributed by atoms with Crippen molar-refractivity contribution in [1.82, 2.24) is 9.97 Å². The second-order valence-electron chi connectivity index (χ2n) is 6.47. The molecule has 3 aromatic rings. The Hall–Kier alpha value is -2.18. The van der Waals surface area contributed by atoms with Crippen LogP contribution >= 0.6 is 11.3 Å². The molecule has 1 aliphatic rings. The Kier molecular flexibility index (Phi) is 4.55. The number of ether oxygens (including phenoxy) is 1. The van der Waals surface area contributed by atoms with Crippen LogP contribution in [0.5, 0.6) is 0 Å². The van der Waals surface area contributed by atoms with Crippen molar-refractivity contribution in [2.45, 2.75) is 38.7 Å². The van der Waals surface area contributed by atoms with Gasteiger partial charge in [-0.15, -0.1) is 11.3 Å². The summed E-state index contributed by atoms with van der Waals surface area (Å²) in [5, 5.41) is 6.59. The summed E-state index contributed by atoms with van der Waals surface area (Å²) in [6.45, 7) is 2.15. The van der Waals surface area contributed by atoms with E-state index in [4.69, 9.17) is 4.74 Å². The van der Waals surface area contributed by atoms with E-state index in [-0.39, 0.29) is 18.6 Å². The second-order valence-corrected chi connectivity index (χ2v) is 7.33. The van der Waals surface area contributed by atoms with Crippen LogP contribution in [0, 0.1) is 6.92 Å². The van der Waals surface area contributed by atoms with E-state index >= 15 is 0 Å². The zero-order valence-electron chi connectivity index (χ0n) is 14.2. The average Bonchev–Trinajstić information content (AvgIpc) is 3.32. The molecule has 1 amide bonds. The monoisotopic (exact) mass is 355 g/mol. The highest BCUT2D eigenvalue weighted by atomic mass is 32.1. The van der Waals surface area contributed by atoms with Crippen molar-refractivity contribution < 1.29 is 9.53 Å². The number of thiazole rings is 1. The summed E-state index contributed by atoms with van der Waals surface area (Å²) in [7, 11) is 0. The van der Waals surface area contributed by atoms with Crippen LogP contribution < -0.4 is 5.32 Å². The highest BCUT2D eigenvalue weighted by Crippen LogP contribution is 2.33. The Morgan fingerprint density at radius 3 is 3.00 bits per heavy atom. The number of nitrogens with zero attached hydrogens (tertiary/aromatic N) is 1. The first-order valence-corrected chi connectivity index (χ1v) is 9.53. The molecule has 2 aromatic heterocycles. The molecular weight excluding hydrogens is 334 g/mol. The van der Waals surface area contributed by atoms with E-state index in [0.717, 1.165) is 40.7 Å². The SMILES string of the molecule is Cc1[nH]c2ccccc2c1-c1csc(NC(=O)COC2CCCC2)n1. The van der Waals surface area contributed by atoms with E-state index in [2.05, 4.69) is 27.4 Å². The van der Waals surface area contributed by atoms with Gasteiger partial charge >= 0.3 is 0 Å². The maximum Gasteiger partial charge on any atom is 0.252 e. The first kappa shape index (κ1) is 16.3. The van der Waals surface area contributed by atoms with Gasteiger partial charge in [-0.2, -0.15) is 0 Å². The van der Waals surface area contributed by atoms with Crippen molar-refractivity contribution in [2.24, 2.45) is 0 Å². The van der Waals surface area contributed by atoms with Crippen LogP contribution in [-0.4, -0.2) is 28.6 Å². The number of carbonyl (C=O) groups is 1. The molecule has 2 heterocycles. The van der Waals surface area contributed by atoms with Gasteiger partial charge in [0.25, 0.3) is 5.91 Å². The van der Waals surface area contributed by atoms with Gasteiger partial charge in [-0.05, 0) is 25.8 Å². The first-order chi connectivity index (χ1) is 12.2. The van der Waals surface area contributed by atoms with Gasteiger partial charge in [0.05, 0.1) is 11.8 Å². The minimum Gasteiger partial charge on any atom is -0.368 e. The van der Waals surface area contributed by atoms with E-state index in [1.54, 1.807) is 0 Å². The second kappa shape index (κ2) is 6.98. The molecule has 1 aromatic carbocycles. The number of aromatic nitrogens is 2. The lowest BCUT2D eigenvalue weighted by molar-refractivity contribution is -0.122. The number of hydrogen-bond acceptors (Lipinski definition) is 4. The molecule has 130 valence electrons. The Labute approximate surface area is 150 Å². The molecule has 1 saturated carbocycles. The number of rotatable bonds is 5. The van der Waals surface area contributed by atoms with Crippen molar-refractivity contribution in [1.29, 1.82) is 0 Å². The Bertz CT molecular complexity index is 893. The molecule has 6 heteroatoms. The third kappa shape index (κ3) is 3.45. The summed E-state index contributed by atoms with van der Waals surface area (Å²) < 4.78 is 5.65. The van der Waals surface area contributed by atoms with Crippen LogP contribution in [0.15, 0.2) is 29.6 Å². The van der Waals surface area contributed by atoms with E-state index < -0.39 is 0 Å². The van der Waals surface area contributed by atoms with Crippen LogP contribution in [0.2, 0.25) is 0 Å². The Morgan fingerprint density at radius 2 is 2.16 bits per heavy atom. The smallest absolute Gasteiger partial charge is 0.252 e. The predicted octanol–water partition coefficient (Wildman–Crippen LogP) is 4.50. The molecule has 2 N–H and O–H groups in total. The summed E-state index contributed by atoms with van der Waals surface area (Å²) in [6.07, 6.45) is 4.77. The van der Waals surface area contributed by atoms with Gasteiger partial charge in [0.15, 0.2) is 5.13 Å². The number of hydrogen-bond donors (Lipinski definition) is 2. The number of anilines is 1. The molecule has 0 bridgehead atoms. The molecule has 0 atom stereocenters. The molecular formula is C19H21N3O2S. The van der Waals surface area contributed by atoms with Crippen molar-refractivity contribution >= 4 is 33.3 Å². The number of H-pyrrole nitrogens is 1. The lowest BCUT2D eigenvalue weighted by Gasteiger charge is -2.09. The number of aromatic amines is 1. The van der Waals surface area contributed by atoms with E-state index in [9.17, 15) is 4.79 Å². The van der Waals surface area contributed by atoms with Crippen molar-refractivity contribution in [3.63, 3.8) is 0 Å². The van der Waals surface area contributed by atoms with Gasteiger partial charge in [-0.1, -0.05) is 31.0 Å². The Balaban J connectivity index is 1.46. The van der Waals surface area contributed by atoms with Crippen LogP contribution in [0.1, 0.15) is 31.4 Å². The Morgan fingerprint density at radius 1 is 1.36 bits per heavy atom. The summed E-state index contributed by atoms with van der Waals surface area (Å²) in [6, 6.07) is 8.18. The fourth-order valence-corrected chi connectivity index (χ4v) is 4.17. The van der Waals surface area contributed by atoms with Gasteiger partial charge in [0, 0.05) is 27.5 Å². The number of fused-ring (bicyclic) bond motifs is 1. The maximum absolute atomic E-state index is 12.1. The lowest BCUT2D eigenvalue weighted by atomic mass is 10.1. The van der Waals surface area contributed by atoms with Gasteiger partial charge in [0.2, 0.25) is 0 Å². The highest BCUT2D eigenvalue weighted by molar-refractivity contribution is 7.14. The third-order valence-corrected chi connectivity index (χ3v) is 5.41. The minimum atomic E-state index is -0.136. The standard InChI is InChI=1S/C19H21N3O2S/c1-12-18(14-8-4-5-9-15(14)20-12)16-11-25-19(21-16)22-17(23)10-24-13-6-2-3-7-13/h4-5,8-9,11,13,20H,2-3,6-7,10H2,1H3,(H,21,22,23). The molecule has 0 aliphatic heterocycles. The number of aryl methyl sites for hydroxylation is 1. The predicted molar refractivity (Wildman–Crippen MR) is 101 cm³/mol. The maximum atomic E-state index is 12.1. The molecule has 0 saturated heterocycles. The molecule has 4 rings (SSSR count). The molecule has 0 spiro atoms. The van der Waals surface area contributed by atoms with E-state index in [0.29, 0.717) is 5.13 Å². The number of amides is 1. The molecule has 0 radical (unpaired) electrons. The average molecular weight is 355 g/mol. The van der Waals surface area contributed by atoms with Gasteiger partial charge in [0.1, 0.15) is 6.61 Å². The van der Waals surface area contributed by atoms with Gasteiger partial charge < -0.3 is 9.72 Å². The molecule has 25 heavy (non-hydrogen) atoms. The number of para-hydroxylation sites is 1. The van der Waals surface area contributed by atoms with Crippen molar-refractivity contribution in [3.05, 3.63) is 35.3 Å². The highest BCUT2D eigenvalue weighted by Gasteiger charge is 2.18. The molecule has 0 unspecified atom stereocenters. The van der Waals surface area contributed by atoms with Crippen LogP contribution in [0.3, 0.4) is 0 Å². The molecule has 1 fully saturated rings. The molecule has 1 aliphatic carbocycles. The van der Waals surface area contributed by atoms with Gasteiger partial charge in [-0.25, -0.2) is 4.98 Å². The summed E-state index contributed by atoms with van der Waals surface area (Å²) in [5.74, 6) is -0.136. The summed E-state index contributed by atoms with van der Waals surface area (Å²) in [4.78, 5) is 20.0. The summed E-state index contributed by atoms with van der Waals surface area (Å²) >= 11 is 1.44. The van der Waals surface area contributed by atoms with Gasteiger partial charge in [-0.3, -0.25) is 10.1 Å². The number of carbonyl (C=O) groups excluding carboxylic acids is 1. The van der Waals surface area contributed by atoms with E-state index in [1.165, 1.54) is 24.2 Å². The fourth-order valence-electron chi connectivity index (χ4n) is 3.46. The topological polar surface area (TPSA) is 67.0 Å². The number of nitrogens with one attached hydrogen (secondary N) is 2. The normalized spacial score (nSPS) is 15.1. The largest absolute Gasteiger partial charge is 0.368 e. The molecule has 5 nitrogen and oxygen atoms in total. The zero-order valence-corrected chi connectivity index (χ0v) is 15.0. The minimum absolute atomic E-state index is 0.103. The summed E-state index contributed by atoms with van der Waals surface area (Å²) in [5.41, 5.74) is 4.15. The van der Waals surface area contributed by atoms with Crippen LogP contribution in [-0.2, 0) is 9.53 Å². The lowest BCUT2D eigenvalue weighted by Crippen LogP contribution is -2.21. The third-order valence-electron chi connectivity index (χ3n) is 4.65. The fraction of sp³-hybridized carbons (Fsp3) is 0.368. The van der Waals surface area contributed by atoms with Crippen molar-refractivity contribution in [3.8, 4) is 11.3 Å². The van der Waals surface area contributed by atoms with Crippen molar-refractivity contribution in [2.75, 3.05) is 11.9 Å². The van der Waals surface area contributed by atoms with E-state index in [1.807, 2.05) is 24.4 Å². The number of benzene rings is 1. The van der Waals surface area contributed by atoms with Crippen LogP contribution in [0.25, 0.3) is 22.2 Å². The van der Waals surface area contributed by atoms with Crippen LogP contribution in [0.4, 0.5) is 5.13 Å². The first-order valence-electron chi connectivity index (χ1n) is 8.65.